The third-order valence-corrected chi connectivity index (χ3v) is 25.9. The molecule has 0 aliphatic carbocycles. The smallest absolute Gasteiger partial charge is 0.387 e. The highest BCUT2D eigenvalue weighted by Gasteiger charge is 2.70. The SMILES string of the molecule is COCCO[C@H]1C(OP(=O)(O)OC[C@]23OC(n4cnc5c(N)ncnc54)[C@@H](O[C@H]2C)C3OP(O)(=S)OC[C@H]2OC(n3cc(C)c(=O)[nH]c3=O)[C@@H](OCCOC)C2OP(=O)(S)OC[C@H]2O[C@@H](n3cc(C)c(N)nc3=O)[C@@H](OCCOC)C2O)[C@@H](COP(=O)(O)OC2[C@@H]3O[C@@H](C)[C@]2(C)OC3n2cc(C)c(=O)[nH]c2=O)OC1n1cc(C)c(=O)[nH]c1=O. The van der Waals surface area contributed by atoms with E-state index in [0.717, 1.165) is 37.0 Å². The van der Waals surface area contributed by atoms with Gasteiger partial charge in [-0.3, -0.25) is 83.8 Å². The molecule has 49 nitrogen and oxygen atoms in total. The van der Waals surface area contributed by atoms with Crippen molar-refractivity contribution in [1.82, 2.24) is 57.7 Å². The number of aromatic nitrogens is 12. The summed E-state index contributed by atoms with van der Waals surface area (Å²) < 4.78 is 176. The highest BCUT2D eigenvalue weighted by atomic mass is 32.7. The Bertz CT molecular complexity index is 5350. The lowest BCUT2D eigenvalue weighted by Gasteiger charge is -2.37. The van der Waals surface area contributed by atoms with Crippen LogP contribution in [0.3, 0.4) is 0 Å². The van der Waals surface area contributed by atoms with Crippen molar-refractivity contribution >= 4 is 76.0 Å². The van der Waals surface area contributed by atoms with Gasteiger partial charge in [-0.25, -0.2) is 47.8 Å². The monoisotopic (exact) mass is 1790 g/mol. The number of phosphoric acid groups is 2. The van der Waals surface area contributed by atoms with Crippen molar-refractivity contribution in [3.8, 4) is 0 Å². The number of nitrogens with zero attached hydrogens (tertiary/aromatic N) is 9. The summed E-state index contributed by atoms with van der Waals surface area (Å²) in [5.41, 5.74) is 2.70. The van der Waals surface area contributed by atoms with Gasteiger partial charge in [0.1, 0.15) is 108 Å². The average molecular weight is 1790 g/mol. The Morgan fingerprint density at radius 1 is 0.534 bits per heavy atom. The van der Waals surface area contributed by atoms with Crippen molar-refractivity contribution in [3.05, 3.63) is 133 Å². The molecule has 13 heterocycles. The number of nitrogens with one attached hydrogen (secondary N) is 3. The Balaban J connectivity index is 0.785. The lowest BCUT2D eigenvalue weighted by Crippen LogP contribution is -2.50. The van der Waals surface area contributed by atoms with Crippen LogP contribution in [0.1, 0.15) is 74.2 Å². The number of nitrogen functional groups attached to an aromatic ring is 2. The van der Waals surface area contributed by atoms with Crippen LogP contribution in [-0.4, -0.2) is 268 Å². The number of aliphatic hydroxyl groups excluding tert-OH is 1. The molecule has 0 amide bonds. The van der Waals surface area contributed by atoms with Gasteiger partial charge in [0.15, 0.2) is 42.6 Å². The number of aryl methyl sites for hydroxylation is 4. The maximum atomic E-state index is 15.2. The molecule has 13 unspecified atom stereocenters. The van der Waals surface area contributed by atoms with Gasteiger partial charge in [-0.15, -0.1) is 0 Å². The Labute approximate surface area is 676 Å². The lowest BCUT2D eigenvalue weighted by atomic mass is 9.94. The highest BCUT2D eigenvalue weighted by molar-refractivity contribution is 8.44. The number of nitrogens with two attached hydrogens (primary N) is 2. The maximum Gasteiger partial charge on any atom is 0.472 e. The molecule has 13 rings (SSSR count). The zero-order valence-electron chi connectivity index (χ0n) is 64.4. The minimum Gasteiger partial charge on any atom is -0.387 e. The van der Waals surface area contributed by atoms with Gasteiger partial charge in [0.25, 0.3) is 16.7 Å². The van der Waals surface area contributed by atoms with Crippen molar-refractivity contribution in [2.75, 3.05) is 98.9 Å². The van der Waals surface area contributed by atoms with Gasteiger partial charge in [0.05, 0.1) is 84.6 Å². The molecule has 0 aromatic carbocycles. The van der Waals surface area contributed by atoms with E-state index in [1.54, 1.807) is 13.8 Å². The number of methoxy groups -OCH3 is 3. The number of anilines is 2. The van der Waals surface area contributed by atoms with Crippen LogP contribution in [0.4, 0.5) is 11.6 Å². The minimum atomic E-state index is -5.81. The number of rotatable bonds is 37. The summed E-state index contributed by atoms with van der Waals surface area (Å²) in [6.45, 7) is -4.58. The fourth-order valence-electron chi connectivity index (χ4n) is 14.6. The Morgan fingerprint density at radius 2 is 1.01 bits per heavy atom. The van der Waals surface area contributed by atoms with Gasteiger partial charge in [-0.2, -0.15) is 4.98 Å². The van der Waals surface area contributed by atoms with Gasteiger partial charge in [-0.1, -0.05) is 12.2 Å². The number of thiol groups is 1. The van der Waals surface area contributed by atoms with Crippen LogP contribution in [0, 0.1) is 27.7 Å². The number of imidazole rings is 1. The van der Waals surface area contributed by atoms with Crippen molar-refractivity contribution < 1.29 is 131 Å². The van der Waals surface area contributed by atoms with E-state index in [2.05, 4.69) is 47.1 Å². The van der Waals surface area contributed by atoms with E-state index >= 15 is 4.57 Å². The van der Waals surface area contributed by atoms with Crippen molar-refractivity contribution in [2.45, 2.75) is 182 Å². The summed E-state index contributed by atoms with van der Waals surface area (Å²) in [6, 6.07) is 0. The van der Waals surface area contributed by atoms with Gasteiger partial charge in [0, 0.05) is 68.4 Å². The van der Waals surface area contributed by atoms with E-state index in [1.807, 2.05) is 0 Å². The van der Waals surface area contributed by atoms with E-state index in [9.17, 15) is 62.5 Å². The molecule has 55 heteroatoms. The second-order valence-corrected chi connectivity index (χ2v) is 37.0. The second kappa shape index (κ2) is 35.5. The van der Waals surface area contributed by atoms with Crippen LogP contribution in [0.25, 0.3) is 11.2 Å². The first-order valence-electron chi connectivity index (χ1n) is 36.2. The molecule has 652 valence electrons. The molecule has 7 fully saturated rings. The molecular formula is C63H88N14O35P4S2. The van der Waals surface area contributed by atoms with Crippen LogP contribution < -0.4 is 50.9 Å². The molecule has 7 aliphatic heterocycles. The zero-order valence-corrected chi connectivity index (χ0v) is 69.6. The lowest BCUT2D eigenvalue weighted by molar-refractivity contribution is -0.215. The number of phosphoric ester groups is 2. The molecule has 0 saturated carbocycles. The summed E-state index contributed by atoms with van der Waals surface area (Å²) in [6.07, 6.45) is -23.6. The van der Waals surface area contributed by atoms with Crippen molar-refractivity contribution in [3.63, 3.8) is 0 Å². The number of hydrogen-bond acceptors (Lipinski definition) is 39. The topological polar surface area (TPSA) is 621 Å². The first-order chi connectivity index (χ1) is 55.7. The second-order valence-electron chi connectivity index (χ2n) is 28.6. The van der Waals surface area contributed by atoms with E-state index in [1.165, 1.54) is 79.2 Å². The van der Waals surface area contributed by atoms with E-state index < -0.39 is 229 Å². The largest absolute Gasteiger partial charge is 0.472 e. The van der Waals surface area contributed by atoms with Gasteiger partial charge >= 0.3 is 51.9 Å². The molecule has 7 saturated heterocycles. The van der Waals surface area contributed by atoms with E-state index in [4.69, 9.17) is 121 Å². The number of H-pyrrole nitrogens is 3. The molecule has 6 aromatic heterocycles. The first kappa shape index (κ1) is 89.5. The Morgan fingerprint density at radius 3 is 1.58 bits per heavy atom. The predicted molar refractivity (Wildman–Crippen MR) is 404 cm³/mol. The molecular weight excluding hydrogens is 1700 g/mol. The summed E-state index contributed by atoms with van der Waals surface area (Å²) in [4.78, 5) is 151. The summed E-state index contributed by atoms with van der Waals surface area (Å²) in [5, 5.41) is 11.7. The number of aliphatic hydroxyl groups is 1. The molecule has 7 aliphatic rings. The molecule has 6 aromatic rings. The molecule has 11 N–H and O–H groups in total. The molecule has 0 spiro atoms. The fourth-order valence-corrected chi connectivity index (χ4v) is 19.6. The van der Waals surface area contributed by atoms with Crippen molar-refractivity contribution in [1.29, 1.82) is 0 Å². The maximum absolute atomic E-state index is 15.2. The normalized spacial score (nSPS) is 33.2. The standard InChI is InChI=1S/C63H88N14O35P4S2/c1-27-17-73(58(82)69-47(27)64)53-40(95-14-11-92-8)37(78)33(104-53)21-99-115(90,117)110-39-35(106-55(42(39)97-16-13-94-10)75-19-29(3)51(80)71-60(75)84)23-100-116(91,118)112-46-44-57(77-26-68-36-48(65)66-25-67-49(36)77)108-63(46,32(6)103-44)24-101-114(88,89)109-38-34(105-54(41(38)96-15-12-93-9)74-18-28(2)50(79)70-59(74)83)22-98-113(86,87)111-45-43-56(107-62(45,7)31(5)102-43)76-20-30(4)52(81)72-61(76)85/h17-20,25-26,31-35,37-46,53-57,78H,11-16,21-24H2,1-10H3,(H,86,87)(H,88,89)(H,90,117)(H,91,118)(H2,64,69,82)(H2,65,66,67)(H,70,79,83)(H,71,80,84)(H,72,81,85)/t31-,32-,33+,34+,35+,37?,38?,39?,40-,41-,42-,43-,44-,45?,46?,53+,54?,55?,56?,57?,62-,63-,115?,116?/m0/s1. The van der Waals surface area contributed by atoms with Gasteiger partial charge < -0.3 is 97.4 Å². The van der Waals surface area contributed by atoms with Crippen LogP contribution in [-0.2, 0) is 123 Å². The van der Waals surface area contributed by atoms with Gasteiger partial charge in [0.2, 0.25) is 0 Å². The van der Waals surface area contributed by atoms with Crippen LogP contribution >= 0.6 is 41.4 Å². The van der Waals surface area contributed by atoms with Crippen LogP contribution in [0.15, 0.2) is 71.0 Å². The van der Waals surface area contributed by atoms with E-state index in [-0.39, 0.29) is 79.1 Å². The molecule has 118 heavy (non-hydrogen) atoms. The van der Waals surface area contributed by atoms with Gasteiger partial charge in [-0.05, 0) is 60.3 Å². The molecule has 0 radical (unpaired) electrons. The van der Waals surface area contributed by atoms with Crippen molar-refractivity contribution in [2.24, 2.45) is 0 Å². The average Bonchev–Trinajstić information content (AvgIpc) is 1.40. The number of aromatic amines is 3. The summed E-state index contributed by atoms with van der Waals surface area (Å²) >= 11 is 10.1. The Hall–Kier alpha value is -6.24. The summed E-state index contributed by atoms with van der Waals surface area (Å²) in [5.74, 6) is -0.152. The third kappa shape index (κ3) is 18.2. The minimum absolute atomic E-state index is 0.00147. The third-order valence-electron chi connectivity index (χ3n) is 20.8. The first-order valence-corrected chi connectivity index (χ1v) is 44.5. The fraction of sp³-hybridized carbons (Fsp3) is 0.667. The van der Waals surface area contributed by atoms with Crippen LogP contribution in [0.5, 0.6) is 0 Å². The molecule has 4 bridgehead atoms. The zero-order chi connectivity index (χ0) is 85.2. The molecule has 26 atom stereocenters. The highest BCUT2D eigenvalue weighted by Crippen LogP contribution is 2.62. The number of ether oxygens (including phenoxy) is 13. The quantitative estimate of drug-likeness (QED) is 0.0120. The Kier molecular flexibility index (Phi) is 27.0. The van der Waals surface area contributed by atoms with E-state index in [0.29, 0.717) is 5.56 Å². The van der Waals surface area contributed by atoms with Crippen LogP contribution in [0.2, 0.25) is 0 Å². The number of fused-ring (bicyclic) bond motifs is 5. The predicted octanol–water partition coefficient (Wildman–Crippen LogP) is -1.53. The number of hydrogen-bond donors (Lipinski definition) is 10. The summed E-state index contributed by atoms with van der Waals surface area (Å²) in [7, 11) is -7.19.